The van der Waals surface area contributed by atoms with E-state index < -0.39 is 0 Å². The third-order valence-corrected chi connectivity index (χ3v) is 4.90. The van der Waals surface area contributed by atoms with Gasteiger partial charge in [-0.15, -0.1) is 0 Å². The molecule has 1 aliphatic rings. The largest absolute Gasteiger partial charge is 0.491 e. The van der Waals surface area contributed by atoms with Crippen molar-refractivity contribution in [2.45, 2.75) is 20.3 Å². The Balaban J connectivity index is 1.66. The SMILES string of the molecule is Cc1c(Cc2ccc(-c3cocn3)cc2)cc2c(c1C)OCCNC2=O. The molecule has 1 aromatic heterocycles. The van der Waals surface area contributed by atoms with E-state index in [9.17, 15) is 4.79 Å². The fraction of sp³-hybridized carbons (Fsp3) is 0.238. The number of hydrogen-bond acceptors (Lipinski definition) is 4. The smallest absolute Gasteiger partial charge is 0.255 e. The summed E-state index contributed by atoms with van der Waals surface area (Å²) < 4.78 is 10.8. The summed E-state index contributed by atoms with van der Waals surface area (Å²) >= 11 is 0. The van der Waals surface area contributed by atoms with Crippen LogP contribution < -0.4 is 10.1 Å². The van der Waals surface area contributed by atoms with E-state index >= 15 is 0 Å². The second-order valence-electron chi connectivity index (χ2n) is 6.51. The number of hydrogen-bond donors (Lipinski definition) is 1. The zero-order valence-electron chi connectivity index (χ0n) is 14.8. The van der Waals surface area contributed by atoms with Crippen molar-refractivity contribution < 1.29 is 13.9 Å². The Kier molecular flexibility index (Phi) is 4.21. The van der Waals surface area contributed by atoms with Crippen molar-refractivity contribution in [2.24, 2.45) is 0 Å². The summed E-state index contributed by atoms with van der Waals surface area (Å²) in [6.07, 6.45) is 3.82. The number of rotatable bonds is 3. The van der Waals surface area contributed by atoms with Gasteiger partial charge in [0.1, 0.15) is 24.3 Å². The number of nitrogens with one attached hydrogen (secondary N) is 1. The first-order valence-electron chi connectivity index (χ1n) is 8.65. The van der Waals surface area contributed by atoms with Crippen LogP contribution in [0.3, 0.4) is 0 Å². The average Bonchev–Trinajstić information content (AvgIpc) is 3.12. The summed E-state index contributed by atoms with van der Waals surface area (Å²) in [5.74, 6) is 0.644. The molecule has 132 valence electrons. The molecule has 0 fully saturated rings. The van der Waals surface area contributed by atoms with Crippen molar-refractivity contribution in [3.8, 4) is 17.0 Å². The van der Waals surface area contributed by atoms with E-state index in [0.29, 0.717) is 24.5 Å². The number of benzene rings is 2. The van der Waals surface area contributed by atoms with Gasteiger partial charge in [0.2, 0.25) is 0 Å². The normalized spacial score (nSPS) is 13.5. The van der Waals surface area contributed by atoms with Crippen LogP contribution >= 0.6 is 0 Å². The van der Waals surface area contributed by atoms with Crippen molar-refractivity contribution in [3.63, 3.8) is 0 Å². The molecule has 0 atom stereocenters. The van der Waals surface area contributed by atoms with Crippen LogP contribution in [0.4, 0.5) is 0 Å². The van der Waals surface area contributed by atoms with Crippen LogP contribution in [0.5, 0.6) is 5.75 Å². The van der Waals surface area contributed by atoms with Gasteiger partial charge in [-0.05, 0) is 48.6 Å². The summed E-state index contributed by atoms with van der Waals surface area (Å²) in [4.78, 5) is 16.5. The Bertz CT molecular complexity index is 944. The number of carbonyl (C=O) groups excluding carboxylic acids is 1. The minimum Gasteiger partial charge on any atom is -0.491 e. The Labute approximate surface area is 152 Å². The highest BCUT2D eigenvalue weighted by Crippen LogP contribution is 2.31. The molecule has 0 saturated carbocycles. The molecule has 1 N–H and O–H groups in total. The first-order valence-corrected chi connectivity index (χ1v) is 8.65. The lowest BCUT2D eigenvalue weighted by atomic mass is 9.93. The summed E-state index contributed by atoms with van der Waals surface area (Å²) in [6, 6.07) is 10.2. The zero-order chi connectivity index (χ0) is 18.1. The lowest BCUT2D eigenvalue weighted by molar-refractivity contribution is 0.0957. The standard InChI is InChI=1S/C21H20N2O3/c1-13-14(2)20-18(21(24)22-7-8-26-20)10-17(13)9-15-3-5-16(6-4-15)19-11-25-12-23-19/h3-6,10-12H,7-9H2,1-2H3,(H,22,24). The lowest BCUT2D eigenvalue weighted by Gasteiger charge is -2.16. The topological polar surface area (TPSA) is 64.4 Å². The molecule has 5 heteroatoms. The van der Waals surface area contributed by atoms with Crippen LogP contribution in [0, 0.1) is 13.8 Å². The van der Waals surface area contributed by atoms with Crippen LogP contribution in [0.2, 0.25) is 0 Å². The van der Waals surface area contributed by atoms with Crippen molar-refractivity contribution in [2.75, 3.05) is 13.2 Å². The molecule has 0 bridgehead atoms. The fourth-order valence-corrected chi connectivity index (χ4v) is 3.28. The third-order valence-electron chi connectivity index (χ3n) is 4.90. The van der Waals surface area contributed by atoms with Gasteiger partial charge in [0.25, 0.3) is 5.91 Å². The molecule has 1 amide bonds. The predicted octanol–water partition coefficient (Wildman–Crippen LogP) is 3.67. The molecule has 0 radical (unpaired) electrons. The maximum absolute atomic E-state index is 12.3. The first-order chi connectivity index (χ1) is 12.6. The molecule has 4 rings (SSSR count). The van der Waals surface area contributed by atoms with Crippen LogP contribution in [0.1, 0.15) is 32.6 Å². The van der Waals surface area contributed by atoms with Crippen molar-refractivity contribution in [1.29, 1.82) is 0 Å². The van der Waals surface area contributed by atoms with Gasteiger partial charge in [-0.2, -0.15) is 0 Å². The molecule has 1 aliphatic heterocycles. The number of aromatic nitrogens is 1. The highest BCUT2D eigenvalue weighted by Gasteiger charge is 2.21. The fourth-order valence-electron chi connectivity index (χ4n) is 3.28. The number of oxazole rings is 1. The van der Waals surface area contributed by atoms with Gasteiger partial charge >= 0.3 is 0 Å². The van der Waals surface area contributed by atoms with E-state index in [2.05, 4.69) is 29.4 Å². The van der Waals surface area contributed by atoms with Gasteiger partial charge in [0.05, 0.1) is 12.1 Å². The van der Waals surface area contributed by atoms with E-state index in [0.717, 1.165) is 28.8 Å². The minimum absolute atomic E-state index is 0.0665. The Morgan fingerprint density at radius 2 is 1.96 bits per heavy atom. The number of amides is 1. The lowest BCUT2D eigenvalue weighted by Crippen LogP contribution is -2.24. The molecule has 0 aliphatic carbocycles. The summed E-state index contributed by atoms with van der Waals surface area (Å²) in [6.45, 7) is 5.14. The minimum atomic E-state index is -0.0665. The Morgan fingerprint density at radius 1 is 1.15 bits per heavy atom. The number of ether oxygens (including phenoxy) is 1. The van der Waals surface area contributed by atoms with Crippen LogP contribution in [0.15, 0.2) is 47.4 Å². The first kappa shape index (κ1) is 16.4. The highest BCUT2D eigenvalue weighted by atomic mass is 16.5. The van der Waals surface area contributed by atoms with E-state index in [1.54, 1.807) is 6.26 Å². The molecule has 3 aromatic rings. The summed E-state index contributed by atoms with van der Waals surface area (Å²) in [5.41, 5.74) is 6.98. The number of carbonyl (C=O) groups is 1. The molecule has 5 nitrogen and oxygen atoms in total. The zero-order valence-corrected chi connectivity index (χ0v) is 14.8. The van der Waals surface area contributed by atoms with Gasteiger partial charge in [-0.1, -0.05) is 24.3 Å². The third kappa shape index (κ3) is 2.96. The number of fused-ring (bicyclic) bond motifs is 1. The molecule has 0 spiro atoms. The molecule has 2 aromatic carbocycles. The van der Waals surface area contributed by atoms with E-state index in [1.165, 1.54) is 17.5 Å². The van der Waals surface area contributed by atoms with Gasteiger partial charge in [-0.3, -0.25) is 4.79 Å². The van der Waals surface area contributed by atoms with Crippen LogP contribution in [0.25, 0.3) is 11.3 Å². The molecule has 26 heavy (non-hydrogen) atoms. The van der Waals surface area contributed by atoms with Crippen molar-refractivity contribution >= 4 is 5.91 Å². The molecular weight excluding hydrogens is 328 g/mol. The summed E-state index contributed by atoms with van der Waals surface area (Å²) in [7, 11) is 0. The molecule has 2 heterocycles. The number of nitrogens with zero attached hydrogens (tertiary/aromatic N) is 1. The van der Waals surface area contributed by atoms with Crippen molar-refractivity contribution in [1.82, 2.24) is 10.3 Å². The highest BCUT2D eigenvalue weighted by molar-refractivity contribution is 5.98. The van der Waals surface area contributed by atoms with Crippen LogP contribution in [-0.4, -0.2) is 24.0 Å². The van der Waals surface area contributed by atoms with Gasteiger partial charge in [-0.25, -0.2) is 4.98 Å². The Hall–Kier alpha value is -3.08. The van der Waals surface area contributed by atoms with Crippen molar-refractivity contribution in [3.05, 3.63) is 70.8 Å². The average molecular weight is 348 g/mol. The molecule has 0 saturated heterocycles. The second-order valence-corrected chi connectivity index (χ2v) is 6.51. The molecule has 0 unspecified atom stereocenters. The monoisotopic (exact) mass is 348 g/mol. The molecular formula is C21H20N2O3. The van der Waals surface area contributed by atoms with Gasteiger partial charge in [0, 0.05) is 5.56 Å². The maximum atomic E-state index is 12.3. The maximum Gasteiger partial charge on any atom is 0.255 e. The second kappa shape index (κ2) is 6.67. The quantitative estimate of drug-likeness (QED) is 0.784. The van der Waals surface area contributed by atoms with E-state index in [4.69, 9.17) is 9.15 Å². The van der Waals surface area contributed by atoms with Crippen LogP contribution in [-0.2, 0) is 6.42 Å². The van der Waals surface area contributed by atoms with E-state index in [-0.39, 0.29) is 5.91 Å². The summed E-state index contributed by atoms with van der Waals surface area (Å²) in [5, 5.41) is 2.88. The predicted molar refractivity (Wildman–Crippen MR) is 98.5 cm³/mol. The van der Waals surface area contributed by atoms with Gasteiger partial charge in [0.15, 0.2) is 6.39 Å². The van der Waals surface area contributed by atoms with E-state index in [1.807, 2.05) is 25.1 Å². The Morgan fingerprint density at radius 3 is 2.69 bits per heavy atom. The van der Waals surface area contributed by atoms with Gasteiger partial charge < -0.3 is 14.5 Å².